The maximum Gasteiger partial charge on any atom is 0.400 e. The number of carbonyl (C=O) groups is 2. The zero-order valence-electron chi connectivity index (χ0n) is 16.5. The fourth-order valence-electron chi connectivity index (χ4n) is 3.58. The molecule has 1 saturated heterocycles. The highest BCUT2D eigenvalue weighted by Crippen LogP contribution is 2.49. The number of amides is 2. The minimum atomic E-state index is -4.66. The van der Waals surface area contributed by atoms with Crippen LogP contribution in [0.3, 0.4) is 0 Å². The number of benzene rings is 1. The molecule has 13 heteroatoms. The number of carbonyl (C=O) groups excluding carboxylic acids is 2. The van der Waals surface area contributed by atoms with Crippen molar-refractivity contribution in [1.29, 1.82) is 0 Å². The summed E-state index contributed by atoms with van der Waals surface area (Å²) in [6.07, 6.45) is -3.87. The molecule has 1 aromatic carbocycles. The number of alkyl halides is 3. The smallest absolute Gasteiger partial charge is 0.337 e. The zero-order valence-corrected chi connectivity index (χ0v) is 18.7. The topological polar surface area (TPSA) is 92.7 Å². The van der Waals surface area contributed by atoms with E-state index in [1.807, 2.05) is 0 Å². The summed E-state index contributed by atoms with van der Waals surface area (Å²) in [5, 5.41) is 2.24. The molecule has 1 fully saturated rings. The van der Waals surface area contributed by atoms with Crippen LogP contribution < -0.4 is 10.8 Å². The van der Waals surface area contributed by atoms with Crippen molar-refractivity contribution in [3.8, 4) is 0 Å². The monoisotopic (exact) mass is 520 g/mol. The first-order valence-electron chi connectivity index (χ1n) is 9.46. The van der Waals surface area contributed by atoms with E-state index < -0.39 is 42.4 Å². The van der Waals surface area contributed by atoms with Crippen LogP contribution in [-0.4, -0.2) is 47.9 Å². The third-order valence-corrected chi connectivity index (χ3v) is 6.66. The maximum absolute atomic E-state index is 14.2. The summed E-state index contributed by atoms with van der Waals surface area (Å²) in [7, 11) is 0. The van der Waals surface area contributed by atoms with Gasteiger partial charge in [0.15, 0.2) is 0 Å². The summed E-state index contributed by atoms with van der Waals surface area (Å²) in [5.74, 6) is -1.12. The van der Waals surface area contributed by atoms with Gasteiger partial charge >= 0.3 is 6.18 Å². The molecule has 33 heavy (non-hydrogen) atoms. The van der Waals surface area contributed by atoms with Gasteiger partial charge in [0.05, 0.1) is 21.6 Å². The third kappa shape index (κ3) is 4.40. The van der Waals surface area contributed by atoms with Crippen molar-refractivity contribution in [3.63, 3.8) is 0 Å². The van der Waals surface area contributed by atoms with E-state index in [1.54, 1.807) is 0 Å². The highest BCUT2D eigenvalue weighted by Gasteiger charge is 2.58. The van der Waals surface area contributed by atoms with Crippen LogP contribution in [0.1, 0.15) is 28.0 Å². The molecule has 2 amide bonds. The average molecular weight is 522 g/mol. The molecule has 2 aliphatic heterocycles. The Labute approximate surface area is 200 Å². The average Bonchev–Trinajstić information content (AvgIpc) is 3.39. The molecule has 2 aromatic rings. The Bertz CT molecular complexity index is 1130. The van der Waals surface area contributed by atoms with Crippen LogP contribution in [0.25, 0.3) is 0 Å². The van der Waals surface area contributed by atoms with Crippen LogP contribution in [0.2, 0.25) is 15.1 Å². The molecule has 2 atom stereocenters. The second-order valence-electron chi connectivity index (χ2n) is 7.51. The van der Waals surface area contributed by atoms with Crippen molar-refractivity contribution in [2.75, 3.05) is 13.2 Å². The van der Waals surface area contributed by atoms with E-state index in [1.165, 1.54) is 18.3 Å². The molecular weight excluding hydrogens is 508 g/mol. The number of halogens is 6. The quantitative estimate of drug-likeness (QED) is 0.597. The lowest BCUT2D eigenvalue weighted by Gasteiger charge is -2.32. The molecule has 174 valence electrons. The molecule has 1 aromatic heterocycles. The van der Waals surface area contributed by atoms with Crippen molar-refractivity contribution >= 4 is 52.3 Å². The van der Waals surface area contributed by atoms with Crippen LogP contribution >= 0.6 is 34.8 Å². The Morgan fingerprint density at radius 2 is 1.91 bits per heavy atom. The molecule has 7 nitrogen and oxygen atoms in total. The summed E-state index contributed by atoms with van der Waals surface area (Å²) in [6, 6.07) is 4.22. The maximum atomic E-state index is 14.2. The van der Waals surface area contributed by atoms with Crippen molar-refractivity contribution in [2.24, 2.45) is 4.99 Å². The fourth-order valence-corrected chi connectivity index (χ4v) is 4.18. The molecule has 0 bridgehead atoms. The van der Waals surface area contributed by atoms with Crippen molar-refractivity contribution in [3.05, 3.63) is 62.4 Å². The lowest BCUT2D eigenvalue weighted by atomic mass is 9.76. The number of pyridine rings is 1. The van der Waals surface area contributed by atoms with Crippen LogP contribution in [0, 0.1) is 0 Å². The third-order valence-electron chi connectivity index (χ3n) is 5.46. The number of nitrogens with one attached hydrogen (secondary N) is 2. The highest BCUT2D eigenvalue weighted by atomic mass is 35.5. The Morgan fingerprint density at radius 1 is 1.21 bits per heavy atom. The summed E-state index contributed by atoms with van der Waals surface area (Å²) in [4.78, 5) is 36.6. The predicted octanol–water partition coefficient (Wildman–Crippen LogP) is 3.89. The molecule has 0 saturated carbocycles. The summed E-state index contributed by atoms with van der Waals surface area (Å²) >= 11 is 17.9. The Kier molecular flexibility index (Phi) is 6.30. The minimum absolute atomic E-state index is 0.0182. The largest absolute Gasteiger partial charge is 0.400 e. The first-order valence-corrected chi connectivity index (χ1v) is 10.6. The van der Waals surface area contributed by atoms with Crippen molar-refractivity contribution in [2.45, 2.75) is 24.1 Å². The summed E-state index contributed by atoms with van der Waals surface area (Å²) in [5.41, 5.74) is 0.0959. The van der Waals surface area contributed by atoms with Crippen LogP contribution in [0.5, 0.6) is 0 Å². The summed E-state index contributed by atoms with van der Waals surface area (Å²) in [6.45, 7) is -0.600. The number of aliphatic imine (C=N–C) groups is 1. The number of nitrogens with zero attached hydrogens (tertiary/aromatic N) is 2. The molecular formula is C20H14Cl3F3N4O3. The van der Waals surface area contributed by atoms with Gasteiger partial charge in [0.25, 0.3) is 11.8 Å². The second kappa shape index (κ2) is 8.75. The lowest BCUT2D eigenvalue weighted by molar-refractivity contribution is -0.183. The van der Waals surface area contributed by atoms with Gasteiger partial charge in [0, 0.05) is 23.9 Å². The zero-order chi connectivity index (χ0) is 24.0. The van der Waals surface area contributed by atoms with Gasteiger partial charge in [-0.15, -0.1) is 0 Å². The van der Waals surface area contributed by atoms with Gasteiger partial charge in [-0.3, -0.25) is 24.4 Å². The van der Waals surface area contributed by atoms with Gasteiger partial charge in [-0.2, -0.15) is 13.2 Å². The van der Waals surface area contributed by atoms with Gasteiger partial charge < -0.3 is 5.32 Å². The van der Waals surface area contributed by atoms with Gasteiger partial charge in [-0.25, -0.2) is 5.48 Å². The van der Waals surface area contributed by atoms with Gasteiger partial charge in [0.2, 0.25) is 0 Å². The SMILES string of the molecule is O=C(NC1CONC1=O)c1ccc(C2=NCC(c3cc(Cl)c(Cl)c(Cl)c3)(C(F)(F)F)C2)cn1. The van der Waals surface area contributed by atoms with Crippen molar-refractivity contribution in [1.82, 2.24) is 15.8 Å². The van der Waals surface area contributed by atoms with Crippen LogP contribution in [0.15, 0.2) is 35.5 Å². The summed E-state index contributed by atoms with van der Waals surface area (Å²) < 4.78 is 42.7. The van der Waals surface area contributed by atoms with E-state index in [0.717, 1.165) is 12.1 Å². The molecule has 3 heterocycles. The second-order valence-corrected chi connectivity index (χ2v) is 8.70. The van der Waals surface area contributed by atoms with E-state index in [4.69, 9.17) is 39.6 Å². The van der Waals surface area contributed by atoms with Gasteiger partial charge in [-0.05, 0) is 29.8 Å². The predicted molar refractivity (Wildman–Crippen MR) is 115 cm³/mol. The van der Waals surface area contributed by atoms with E-state index >= 15 is 0 Å². The number of rotatable bonds is 4. The first-order chi connectivity index (χ1) is 15.5. The molecule has 4 rings (SSSR count). The molecule has 2 aliphatic rings. The first kappa shape index (κ1) is 23.7. The van der Waals surface area contributed by atoms with Gasteiger partial charge in [-0.1, -0.05) is 34.8 Å². The minimum Gasteiger partial charge on any atom is -0.337 e. The Morgan fingerprint density at radius 3 is 2.45 bits per heavy atom. The molecule has 2 N–H and O–H groups in total. The van der Waals surface area contributed by atoms with E-state index in [9.17, 15) is 22.8 Å². The van der Waals surface area contributed by atoms with E-state index in [-0.39, 0.29) is 38.6 Å². The number of hydrogen-bond donors (Lipinski definition) is 2. The fraction of sp³-hybridized carbons (Fsp3) is 0.300. The van der Waals surface area contributed by atoms with Crippen LogP contribution in [0.4, 0.5) is 13.2 Å². The molecule has 0 radical (unpaired) electrons. The molecule has 0 spiro atoms. The Hall–Kier alpha value is -2.40. The Balaban J connectivity index is 1.56. The van der Waals surface area contributed by atoms with Crippen molar-refractivity contribution < 1.29 is 27.6 Å². The lowest BCUT2D eigenvalue weighted by Crippen LogP contribution is -2.43. The van der Waals surface area contributed by atoms with E-state index in [0.29, 0.717) is 5.56 Å². The number of aromatic nitrogens is 1. The number of hydrogen-bond acceptors (Lipinski definition) is 5. The number of hydroxylamine groups is 1. The normalized spacial score (nSPS) is 22.8. The van der Waals surface area contributed by atoms with Crippen LogP contribution in [-0.2, 0) is 15.0 Å². The molecule has 2 unspecified atom stereocenters. The van der Waals surface area contributed by atoms with E-state index in [2.05, 4.69) is 20.8 Å². The van der Waals surface area contributed by atoms with Gasteiger partial charge in [0.1, 0.15) is 23.8 Å². The standard InChI is InChI=1S/C20H14Cl3F3N4O3/c21-11-3-10(4-12(22)16(11)23)19(20(24,25)26)5-14(28-8-19)9-1-2-13(27-6-9)17(31)29-15-7-33-30-18(15)32/h1-4,6,15H,5,7-8H2,(H,29,31)(H,30,32). The highest BCUT2D eigenvalue weighted by molar-refractivity contribution is 6.48. The molecule has 0 aliphatic carbocycles.